The molecule has 1 N–H and O–H groups in total. The highest BCUT2D eigenvalue weighted by atomic mass is 32.2. The van der Waals surface area contributed by atoms with Crippen molar-refractivity contribution >= 4 is 16.0 Å². The maximum atomic E-state index is 12.6. The van der Waals surface area contributed by atoms with E-state index in [4.69, 9.17) is 4.74 Å². The number of esters is 1. The van der Waals surface area contributed by atoms with Crippen molar-refractivity contribution in [3.63, 3.8) is 0 Å². The van der Waals surface area contributed by atoms with Crippen LogP contribution < -0.4 is 9.46 Å². The Morgan fingerprint density at radius 3 is 2.30 bits per heavy atom. The number of sulfonamides is 1. The number of benzene rings is 2. The summed E-state index contributed by atoms with van der Waals surface area (Å²) in [5, 5.41) is 0. The molecule has 6 nitrogen and oxygen atoms in total. The lowest BCUT2D eigenvalue weighted by molar-refractivity contribution is 0.0600. The molecule has 146 valence electrons. The first kappa shape index (κ1) is 20.9. The normalized spacial score (nSPS) is 12.4. The summed E-state index contributed by atoms with van der Waals surface area (Å²) in [5.41, 5.74) is 2.81. The van der Waals surface area contributed by atoms with Crippen molar-refractivity contribution in [2.24, 2.45) is 0 Å². The van der Waals surface area contributed by atoms with Crippen molar-refractivity contribution in [3.05, 3.63) is 64.7 Å². The molecule has 7 heteroatoms. The lowest BCUT2D eigenvalue weighted by Crippen LogP contribution is -2.29. The Kier molecular flexibility index (Phi) is 6.98. The standard InChI is InChI=1S/C20H25NO5S/c1-5-18(17-10-11-19(25-3)14(2)12-17)21-27(23,24)13-15-6-8-16(9-7-15)20(22)26-4/h6-12,18,21H,5,13H2,1-4H3/t18-/m0/s1. The molecule has 0 fully saturated rings. The number of aryl methyl sites for hydroxylation is 1. The van der Waals surface area contributed by atoms with Crippen LogP contribution in [0, 0.1) is 6.92 Å². The number of rotatable bonds is 8. The van der Waals surface area contributed by atoms with E-state index in [1.165, 1.54) is 7.11 Å². The summed E-state index contributed by atoms with van der Waals surface area (Å²) in [5.74, 6) is 0.144. The lowest BCUT2D eigenvalue weighted by Gasteiger charge is -2.19. The van der Waals surface area contributed by atoms with E-state index in [-0.39, 0.29) is 11.8 Å². The maximum Gasteiger partial charge on any atom is 0.337 e. The third kappa shape index (κ3) is 5.55. The van der Waals surface area contributed by atoms with Crippen molar-refractivity contribution in [3.8, 4) is 5.75 Å². The van der Waals surface area contributed by atoms with E-state index < -0.39 is 16.0 Å². The highest BCUT2D eigenvalue weighted by Crippen LogP contribution is 2.25. The Hall–Kier alpha value is -2.38. The number of carbonyl (C=O) groups is 1. The SMILES string of the molecule is CC[C@H](NS(=O)(=O)Cc1ccc(C(=O)OC)cc1)c1ccc(OC)c(C)c1. The molecular weight excluding hydrogens is 366 g/mol. The van der Waals surface area contributed by atoms with Gasteiger partial charge in [-0.3, -0.25) is 0 Å². The van der Waals surface area contributed by atoms with Crippen molar-refractivity contribution < 1.29 is 22.7 Å². The van der Waals surface area contributed by atoms with Crippen LogP contribution in [0.3, 0.4) is 0 Å². The van der Waals surface area contributed by atoms with Gasteiger partial charge in [-0.05, 0) is 48.2 Å². The van der Waals surface area contributed by atoms with Gasteiger partial charge in [-0.2, -0.15) is 0 Å². The van der Waals surface area contributed by atoms with Gasteiger partial charge in [-0.15, -0.1) is 0 Å². The van der Waals surface area contributed by atoms with Gasteiger partial charge in [0, 0.05) is 6.04 Å². The van der Waals surface area contributed by atoms with Gasteiger partial charge in [0.1, 0.15) is 5.75 Å². The lowest BCUT2D eigenvalue weighted by atomic mass is 10.0. The molecule has 0 heterocycles. The topological polar surface area (TPSA) is 81.7 Å². The van der Waals surface area contributed by atoms with Gasteiger partial charge in [0.25, 0.3) is 0 Å². The van der Waals surface area contributed by atoms with E-state index in [1.807, 2.05) is 32.0 Å². The quantitative estimate of drug-likeness (QED) is 0.698. The van der Waals surface area contributed by atoms with Crippen LogP contribution in [0.5, 0.6) is 5.75 Å². The molecule has 0 unspecified atom stereocenters. The molecule has 2 aromatic rings. The first-order chi connectivity index (χ1) is 12.8. The molecule has 0 bridgehead atoms. The van der Waals surface area contributed by atoms with Crippen molar-refractivity contribution in [2.45, 2.75) is 32.1 Å². The monoisotopic (exact) mass is 391 g/mol. The number of ether oxygens (including phenoxy) is 2. The molecule has 0 radical (unpaired) electrons. The summed E-state index contributed by atoms with van der Waals surface area (Å²) >= 11 is 0. The zero-order valence-corrected chi connectivity index (χ0v) is 16.8. The van der Waals surface area contributed by atoms with E-state index >= 15 is 0 Å². The van der Waals surface area contributed by atoms with Crippen LogP contribution in [0.15, 0.2) is 42.5 Å². The Bertz CT molecular complexity index is 891. The van der Waals surface area contributed by atoms with Crippen LogP contribution in [-0.4, -0.2) is 28.6 Å². The predicted molar refractivity (Wildman–Crippen MR) is 104 cm³/mol. The second-order valence-electron chi connectivity index (χ2n) is 6.26. The van der Waals surface area contributed by atoms with Crippen LogP contribution in [0.1, 0.15) is 46.4 Å². The van der Waals surface area contributed by atoms with Crippen LogP contribution in [0.2, 0.25) is 0 Å². The molecule has 0 saturated carbocycles. The molecule has 0 amide bonds. The molecule has 0 aliphatic carbocycles. The van der Waals surface area contributed by atoms with Crippen molar-refractivity contribution in [2.75, 3.05) is 14.2 Å². The molecule has 2 aromatic carbocycles. The first-order valence-corrected chi connectivity index (χ1v) is 10.3. The summed E-state index contributed by atoms with van der Waals surface area (Å²) in [7, 11) is -0.652. The fourth-order valence-electron chi connectivity index (χ4n) is 2.84. The van der Waals surface area contributed by atoms with E-state index in [2.05, 4.69) is 9.46 Å². The largest absolute Gasteiger partial charge is 0.496 e. The van der Waals surface area contributed by atoms with Gasteiger partial charge in [0.2, 0.25) is 10.0 Å². The second-order valence-corrected chi connectivity index (χ2v) is 8.01. The van der Waals surface area contributed by atoms with Crippen LogP contribution >= 0.6 is 0 Å². The van der Waals surface area contributed by atoms with E-state index in [1.54, 1.807) is 31.4 Å². The summed E-state index contributed by atoms with van der Waals surface area (Å²) in [4.78, 5) is 11.5. The summed E-state index contributed by atoms with van der Waals surface area (Å²) in [6.45, 7) is 3.85. The maximum absolute atomic E-state index is 12.6. The first-order valence-electron chi connectivity index (χ1n) is 8.61. The second kappa shape index (κ2) is 9.01. The highest BCUT2D eigenvalue weighted by Gasteiger charge is 2.19. The number of carbonyl (C=O) groups excluding carboxylic acids is 1. The van der Waals surface area contributed by atoms with Gasteiger partial charge >= 0.3 is 5.97 Å². The Balaban J connectivity index is 2.13. The molecule has 0 spiro atoms. The molecule has 0 aliphatic heterocycles. The zero-order chi connectivity index (χ0) is 20.0. The smallest absolute Gasteiger partial charge is 0.337 e. The van der Waals surface area contributed by atoms with Crippen LogP contribution in [0.4, 0.5) is 0 Å². The molecule has 0 saturated heterocycles. The molecule has 2 rings (SSSR count). The fourth-order valence-corrected chi connectivity index (χ4v) is 4.29. The molecule has 27 heavy (non-hydrogen) atoms. The number of nitrogens with one attached hydrogen (secondary N) is 1. The minimum atomic E-state index is -3.56. The average Bonchev–Trinajstić information content (AvgIpc) is 2.65. The third-order valence-electron chi connectivity index (χ3n) is 4.28. The highest BCUT2D eigenvalue weighted by molar-refractivity contribution is 7.88. The van der Waals surface area contributed by atoms with Crippen molar-refractivity contribution in [1.82, 2.24) is 4.72 Å². The summed E-state index contributed by atoms with van der Waals surface area (Å²) in [6, 6.07) is 11.7. The summed E-state index contributed by atoms with van der Waals surface area (Å²) < 4.78 is 37.9. The molecule has 1 atom stereocenters. The van der Waals surface area contributed by atoms with E-state index in [0.717, 1.165) is 16.9 Å². The van der Waals surface area contributed by atoms with Gasteiger partial charge < -0.3 is 9.47 Å². The average molecular weight is 391 g/mol. The minimum absolute atomic E-state index is 0.167. The van der Waals surface area contributed by atoms with Gasteiger partial charge in [-0.25, -0.2) is 17.9 Å². The van der Waals surface area contributed by atoms with Crippen LogP contribution in [-0.2, 0) is 20.5 Å². The Labute approximate surface area is 160 Å². The number of hydrogen-bond donors (Lipinski definition) is 1. The fraction of sp³-hybridized carbons (Fsp3) is 0.350. The van der Waals surface area contributed by atoms with Crippen LogP contribution in [0.25, 0.3) is 0 Å². The Morgan fingerprint density at radius 1 is 1.11 bits per heavy atom. The molecular formula is C20H25NO5S. The predicted octanol–water partition coefficient (Wildman–Crippen LogP) is 3.36. The molecule has 0 aromatic heterocycles. The van der Waals surface area contributed by atoms with E-state index in [9.17, 15) is 13.2 Å². The molecule has 0 aliphatic rings. The Morgan fingerprint density at radius 2 is 1.78 bits per heavy atom. The van der Waals surface area contributed by atoms with Gasteiger partial charge in [-0.1, -0.05) is 31.2 Å². The van der Waals surface area contributed by atoms with E-state index in [0.29, 0.717) is 17.5 Å². The zero-order valence-electron chi connectivity index (χ0n) is 16.0. The van der Waals surface area contributed by atoms with Gasteiger partial charge in [0.05, 0.1) is 25.5 Å². The van der Waals surface area contributed by atoms with Crippen molar-refractivity contribution in [1.29, 1.82) is 0 Å². The third-order valence-corrected chi connectivity index (χ3v) is 5.64. The number of methoxy groups -OCH3 is 2. The number of hydrogen-bond acceptors (Lipinski definition) is 5. The summed E-state index contributed by atoms with van der Waals surface area (Å²) in [6.07, 6.45) is 0.617. The van der Waals surface area contributed by atoms with Gasteiger partial charge in [0.15, 0.2) is 0 Å². The minimum Gasteiger partial charge on any atom is -0.496 e.